The van der Waals surface area contributed by atoms with E-state index in [1.54, 1.807) is 14.1 Å². The van der Waals surface area contributed by atoms with Gasteiger partial charge < -0.3 is 10.6 Å². The van der Waals surface area contributed by atoms with Crippen LogP contribution >= 0.6 is 0 Å². The minimum atomic E-state index is 0. The predicted octanol–water partition coefficient (Wildman–Crippen LogP) is 1.85. The second-order valence-electron chi connectivity index (χ2n) is 3.61. The molecule has 2 amide bonds. The maximum absolute atomic E-state index is 10.9. The summed E-state index contributed by atoms with van der Waals surface area (Å²) in [5.41, 5.74) is 0. The van der Waals surface area contributed by atoms with Crippen molar-refractivity contribution in [2.24, 2.45) is 0 Å². The molecular weight excluding hydrogens is 204 g/mol. The van der Waals surface area contributed by atoms with Crippen LogP contribution in [0.5, 0.6) is 0 Å². The molecule has 0 rings (SSSR count). The molecule has 2 N–H and O–H groups in total. The molecule has 4 heteroatoms. The summed E-state index contributed by atoms with van der Waals surface area (Å²) in [4.78, 5) is 21.7. The molecule has 0 aliphatic heterocycles. The van der Waals surface area contributed by atoms with Gasteiger partial charge in [0, 0.05) is 26.9 Å². The van der Waals surface area contributed by atoms with Gasteiger partial charge in [-0.15, -0.1) is 0 Å². The molecule has 0 unspecified atom stereocenters. The quantitative estimate of drug-likeness (QED) is 0.625. The Hall–Kier alpha value is -1.06. The molecule has 0 atom stereocenters. The van der Waals surface area contributed by atoms with Gasteiger partial charge >= 0.3 is 0 Å². The zero-order valence-corrected chi connectivity index (χ0v) is 9.77. The maximum Gasteiger partial charge on any atom is 0.219 e. The summed E-state index contributed by atoms with van der Waals surface area (Å²) in [5.74, 6) is 0.223. The molecule has 96 valence electrons. The van der Waals surface area contributed by atoms with Gasteiger partial charge in [0.05, 0.1) is 0 Å². The van der Waals surface area contributed by atoms with Gasteiger partial charge in [0.2, 0.25) is 11.8 Å². The Bertz CT molecular complexity index is 173. The van der Waals surface area contributed by atoms with Crippen molar-refractivity contribution in [3.8, 4) is 0 Å². The van der Waals surface area contributed by atoms with Gasteiger partial charge in [-0.25, -0.2) is 0 Å². The highest BCUT2D eigenvalue weighted by Crippen LogP contribution is 2.06. The number of rotatable bonds is 8. The molecule has 0 aliphatic rings. The third-order valence-electron chi connectivity index (χ3n) is 2.37. The fourth-order valence-electron chi connectivity index (χ4n) is 1.35. The van der Waals surface area contributed by atoms with Gasteiger partial charge in [-0.3, -0.25) is 9.59 Å². The molecule has 0 aromatic heterocycles. The molecule has 0 aliphatic carbocycles. The van der Waals surface area contributed by atoms with Crippen LogP contribution in [0.15, 0.2) is 0 Å². The number of unbranched alkanes of at least 4 members (excludes halogenated alkanes) is 4. The molecule has 0 bridgehead atoms. The van der Waals surface area contributed by atoms with E-state index in [4.69, 9.17) is 0 Å². The molecule has 0 aromatic rings. The molecule has 0 saturated heterocycles. The summed E-state index contributed by atoms with van der Waals surface area (Å²) in [5, 5.41) is 5.20. The van der Waals surface area contributed by atoms with Crippen LogP contribution in [-0.2, 0) is 9.59 Å². The predicted molar refractivity (Wildman–Crippen MR) is 67.2 cm³/mol. The summed E-state index contributed by atoms with van der Waals surface area (Å²) in [6.07, 6.45) is 6.37. The van der Waals surface area contributed by atoms with E-state index in [1.165, 1.54) is 0 Å². The zero-order chi connectivity index (χ0) is 11.5. The monoisotopic (exact) mass is 230 g/mol. The first-order chi connectivity index (χ1) is 7.20. The number of carbonyl (C=O) groups is 2. The molecule has 0 aromatic carbocycles. The van der Waals surface area contributed by atoms with Crippen molar-refractivity contribution in [2.75, 3.05) is 14.1 Å². The highest BCUT2D eigenvalue weighted by molar-refractivity contribution is 5.75. The average Bonchev–Trinajstić information content (AvgIpc) is 2.26. The second kappa shape index (κ2) is 12.0. The number of carbonyl (C=O) groups excluding carboxylic acids is 2. The topological polar surface area (TPSA) is 58.2 Å². The van der Waals surface area contributed by atoms with Crippen LogP contribution in [0.1, 0.15) is 52.4 Å². The Morgan fingerprint density at radius 2 is 1.06 bits per heavy atom. The minimum Gasteiger partial charge on any atom is -0.359 e. The molecule has 0 heterocycles. The van der Waals surface area contributed by atoms with E-state index in [2.05, 4.69) is 10.6 Å². The third kappa shape index (κ3) is 11.0. The Morgan fingerprint density at radius 1 is 0.750 bits per heavy atom. The smallest absolute Gasteiger partial charge is 0.219 e. The lowest BCUT2D eigenvalue weighted by molar-refractivity contribution is -0.121. The lowest BCUT2D eigenvalue weighted by Gasteiger charge is -2.01. The van der Waals surface area contributed by atoms with Crippen molar-refractivity contribution >= 4 is 11.8 Å². The van der Waals surface area contributed by atoms with E-state index < -0.39 is 0 Å². The Morgan fingerprint density at radius 3 is 1.38 bits per heavy atom. The third-order valence-corrected chi connectivity index (χ3v) is 2.37. The molecule has 16 heavy (non-hydrogen) atoms. The zero-order valence-electron chi connectivity index (χ0n) is 9.77. The van der Waals surface area contributed by atoms with Crippen LogP contribution in [-0.4, -0.2) is 25.9 Å². The van der Waals surface area contributed by atoms with E-state index in [9.17, 15) is 9.59 Å². The van der Waals surface area contributed by atoms with E-state index in [-0.39, 0.29) is 19.2 Å². The molecular formula is C12H26N2O2. The van der Waals surface area contributed by atoms with Gasteiger partial charge in [-0.05, 0) is 12.8 Å². The van der Waals surface area contributed by atoms with Gasteiger partial charge in [0.25, 0.3) is 0 Å². The molecule has 0 radical (unpaired) electrons. The van der Waals surface area contributed by atoms with Crippen molar-refractivity contribution in [1.82, 2.24) is 10.6 Å². The number of amides is 2. The fraction of sp³-hybridized carbons (Fsp3) is 0.833. The van der Waals surface area contributed by atoms with Crippen LogP contribution in [0.25, 0.3) is 0 Å². The van der Waals surface area contributed by atoms with Crippen molar-refractivity contribution in [1.29, 1.82) is 0 Å². The van der Waals surface area contributed by atoms with Crippen molar-refractivity contribution in [3.63, 3.8) is 0 Å². The average molecular weight is 230 g/mol. The number of hydrogen-bond donors (Lipinski definition) is 2. The first-order valence-electron chi connectivity index (χ1n) is 5.62. The van der Waals surface area contributed by atoms with Crippen LogP contribution in [0.3, 0.4) is 0 Å². The lowest BCUT2D eigenvalue weighted by Crippen LogP contribution is -2.17. The Balaban J connectivity index is 0. The molecule has 4 nitrogen and oxygen atoms in total. The molecule has 0 spiro atoms. The van der Waals surface area contributed by atoms with E-state index in [1.807, 2.05) is 0 Å². The highest BCUT2D eigenvalue weighted by atomic mass is 16.2. The van der Waals surface area contributed by atoms with Gasteiger partial charge in [-0.2, -0.15) is 0 Å². The van der Waals surface area contributed by atoms with Crippen LogP contribution in [0, 0.1) is 0 Å². The minimum absolute atomic E-state index is 0. The fourth-order valence-corrected chi connectivity index (χ4v) is 1.35. The summed E-state index contributed by atoms with van der Waals surface area (Å²) < 4.78 is 0. The van der Waals surface area contributed by atoms with Gasteiger partial charge in [0.1, 0.15) is 0 Å². The number of hydrogen-bond acceptors (Lipinski definition) is 2. The maximum atomic E-state index is 10.9. The first-order valence-corrected chi connectivity index (χ1v) is 5.62. The van der Waals surface area contributed by atoms with Gasteiger partial charge in [0.15, 0.2) is 0 Å². The Kier molecular flexibility index (Phi) is 13.0. The standard InChI is InChI=1S/C11H22N2O2.CH4/c1-12-10(14)8-6-4-3-5-7-9-11(15)13-2;/h3-9H2,1-2H3,(H,12,14)(H,13,15);1H4. The van der Waals surface area contributed by atoms with Crippen molar-refractivity contribution in [3.05, 3.63) is 0 Å². The first kappa shape index (κ1) is 17.3. The van der Waals surface area contributed by atoms with Crippen molar-refractivity contribution in [2.45, 2.75) is 52.4 Å². The van der Waals surface area contributed by atoms with Gasteiger partial charge in [-0.1, -0.05) is 26.7 Å². The largest absolute Gasteiger partial charge is 0.359 e. The van der Waals surface area contributed by atoms with Crippen LogP contribution < -0.4 is 10.6 Å². The van der Waals surface area contributed by atoms with Crippen molar-refractivity contribution < 1.29 is 9.59 Å². The normalized spacial score (nSPS) is 9.12. The highest BCUT2D eigenvalue weighted by Gasteiger charge is 1.99. The SMILES string of the molecule is C.CNC(=O)CCCCCCCC(=O)NC. The van der Waals surface area contributed by atoms with E-state index in [0.717, 1.165) is 32.1 Å². The second-order valence-corrected chi connectivity index (χ2v) is 3.61. The summed E-state index contributed by atoms with van der Waals surface area (Å²) in [6.45, 7) is 0. The number of nitrogens with one attached hydrogen (secondary N) is 2. The summed E-state index contributed by atoms with van der Waals surface area (Å²) >= 11 is 0. The summed E-state index contributed by atoms with van der Waals surface area (Å²) in [7, 11) is 3.32. The van der Waals surface area contributed by atoms with Crippen LogP contribution in [0.2, 0.25) is 0 Å². The van der Waals surface area contributed by atoms with Crippen LogP contribution in [0.4, 0.5) is 0 Å². The lowest BCUT2D eigenvalue weighted by atomic mass is 10.1. The van der Waals surface area contributed by atoms with E-state index in [0.29, 0.717) is 12.8 Å². The summed E-state index contributed by atoms with van der Waals surface area (Å²) in [6, 6.07) is 0. The van der Waals surface area contributed by atoms with E-state index >= 15 is 0 Å². The Labute approximate surface area is 99.2 Å². The molecule has 0 fully saturated rings. The molecule has 0 saturated carbocycles.